The topological polar surface area (TPSA) is 149 Å². The number of hydrogen-bond acceptors (Lipinski definition) is 4. The van der Waals surface area contributed by atoms with Gasteiger partial charge in [-0.2, -0.15) is 0 Å². The van der Waals surface area contributed by atoms with Crippen LogP contribution in [0.3, 0.4) is 0 Å². The third kappa shape index (κ3) is 4.86. The predicted molar refractivity (Wildman–Crippen MR) is 125 cm³/mol. The Morgan fingerprint density at radius 2 is 0.941 bits per heavy atom. The molecule has 0 aliphatic rings. The monoisotopic (exact) mass is 460 g/mol. The van der Waals surface area contributed by atoms with Crippen molar-refractivity contribution in [2.45, 2.75) is 13.8 Å². The molecule has 0 aliphatic heterocycles. The van der Waals surface area contributed by atoms with Gasteiger partial charge in [0.15, 0.2) is 0 Å². The molecular formula is C26H20O8. The van der Waals surface area contributed by atoms with E-state index >= 15 is 0 Å². The van der Waals surface area contributed by atoms with Crippen molar-refractivity contribution in [3.63, 3.8) is 0 Å². The van der Waals surface area contributed by atoms with Crippen molar-refractivity contribution in [1.29, 1.82) is 0 Å². The number of carboxylic acids is 4. The minimum Gasteiger partial charge on any atom is -0.478 e. The minimum atomic E-state index is -0.996. The Morgan fingerprint density at radius 3 is 1.35 bits per heavy atom. The van der Waals surface area contributed by atoms with Crippen LogP contribution in [0.4, 0.5) is 0 Å². The fourth-order valence-corrected chi connectivity index (χ4v) is 3.73. The van der Waals surface area contributed by atoms with Crippen LogP contribution in [0, 0.1) is 13.8 Å². The highest BCUT2D eigenvalue weighted by Crippen LogP contribution is 2.26. The van der Waals surface area contributed by atoms with Crippen molar-refractivity contribution >= 4 is 45.4 Å². The molecule has 0 heterocycles. The fraction of sp³-hybridized carbons (Fsp3) is 0.0769. The van der Waals surface area contributed by atoms with Gasteiger partial charge in [0, 0.05) is 0 Å². The summed E-state index contributed by atoms with van der Waals surface area (Å²) in [5, 5.41) is 38.6. The third-order valence-electron chi connectivity index (χ3n) is 5.39. The number of aromatic carboxylic acids is 4. The highest BCUT2D eigenvalue weighted by Gasteiger charge is 2.15. The fourth-order valence-electron chi connectivity index (χ4n) is 3.73. The van der Waals surface area contributed by atoms with Crippen LogP contribution < -0.4 is 0 Å². The van der Waals surface area contributed by atoms with E-state index in [1.54, 1.807) is 44.2 Å². The number of hydrogen-bond donors (Lipinski definition) is 4. The molecule has 8 nitrogen and oxygen atoms in total. The molecule has 0 fully saturated rings. The van der Waals surface area contributed by atoms with Gasteiger partial charge in [-0.1, -0.05) is 24.3 Å². The lowest BCUT2D eigenvalue weighted by atomic mass is 9.94. The molecule has 4 N–H and O–H groups in total. The van der Waals surface area contributed by atoms with Crippen LogP contribution >= 0.6 is 0 Å². The van der Waals surface area contributed by atoms with Gasteiger partial charge in [-0.25, -0.2) is 19.2 Å². The lowest BCUT2D eigenvalue weighted by molar-refractivity contribution is 0.0684. The van der Waals surface area contributed by atoms with Crippen molar-refractivity contribution in [3.05, 3.63) is 94.0 Å². The second-order valence-electron chi connectivity index (χ2n) is 7.63. The second-order valence-corrected chi connectivity index (χ2v) is 7.63. The molecule has 4 rings (SSSR count). The molecule has 0 spiro atoms. The number of carbonyl (C=O) groups is 4. The molecule has 4 aromatic rings. The zero-order valence-corrected chi connectivity index (χ0v) is 18.2. The molecule has 0 unspecified atom stereocenters. The maximum atomic E-state index is 11.2. The summed E-state index contributed by atoms with van der Waals surface area (Å²) in [6.07, 6.45) is 0. The van der Waals surface area contributed by atoms with E-state index in [0.29, 0.717) is 21.9 Å². The van der Waals surface area contributed by atoms with E-state index in [2.05, 4.69) is 0 Å². The predicted octanol–water partition coefficient (Wildman–Crippen LogP) is 5.09. The number of rotatable bonds is 4. The summed E-state index contributed by atoms with van der Waals surface area (Å²) in [7, 11) is 0. The van der Waals surface area contributed by atoms with Crippen LogP contribution in [0.5, 0.6) is 0 Å². The maximum absolute atomic E-state index is 11.2. The Balaban J connectivity index is 0.000000192. The normalized spacial score (nSPS) is 10.4. The summed E-state index contributed by atoms with van der Waals surface area (Å²) in [4.78, 5) is 43.5. The van der Waals surface area contributed by atoms with Crippen LogP contribution in [0.15, 0.2) is 60.7 Å². The average molecular weight is 460 g/mol. The summed E-state index contributed by atoms with van der Waals surface area (Å²) < 4.78 is 0. The zero-order chi connectivity index (χ0) is 25.2. The van der Waals surface area contributed by atoms with Gasteiger partial charge in [0.05, 0.1) is 22.3 Å². The van der Waals surface area contributed by atoms with Gasteiger partial charge < -0.3 is 20.4 Å². The maximum Gasteiger partial charge on any atom is 0.336 e. The minimum absolute atomic E-state index is 0.190. The molecule has 34 heavy (non-hydrogen) atoms. The molecule has 0 saturated carbocycles. The Bertz CT molecular complexity index is 1430. The summed E-state index contributed by atoms with van der Waals surface area (Å²) in [6.45, 7) is 3.45. The first-order valence-corrected chi connectivity index (χ1v) is 10.0. The molecule has 172 valence electrons. The van der Waals surface area contributed by atoms with Crippen molar-refractivity contribution in [2.24, 2.45) is 0 Å². The van der Waals surface area contributed by atoms with Gasteiger partial charge in [0.2, 0.25) is 0 Å². The Hall–Kier alpha value is -4.72. The van der Waals surface area contributed by atoms with E-state index in [4.69, 9.17) is 20.4 Å². The van der Waals surface area contributed by atoms with Gasteiger partial charge in [-0.15, -0.1) is 0 Å². The van der Waals surface area contributed by atoms with E-state index in [0.717, 1.165) is 10.8 Å². The molecular weight excluding hydrogens is 440 g/mol. The van der Waals surface area contributed by atoms with Crippen molar-refractivity contribution in [2.75, 3.05) is 0 Å². The quantitative estimate of drug-likeness (QED) is 0.329. The van der Waals surface area contributed by atoms with Gasteiger partial charge in [-0.05, 0) is 82.9 Å². The summed E-state index contributed by atoms with van der Waals surface area (Å²) in [5.74, 6) is -3.95. The summed E-state index contributed by atoms with van der Waals surface area (Å²) >= 11 is 0. The van der Waals surface area contributed by atoms with Crippen LogP contribution in [-0.4, -0.2) is 44.3 Å². The first-order valence-electron chi connectivity index (χ1n) is 10.0. The largest absolute Gasteiger partial charge is 0.478 e. The molecule has 0 saturated heterocycles. The van der Waals surface area contributed by atoms with Crippen LogP contribution in [0.1, 0.15) is 52.6 Å². The summed E-state index contributed by atoms with van der Waals surface area (Å²) in [6, 6.07) is 15.6. The SMILES string of the molecule is Cc1cc2cc(C(=O)O)ccc2c(C)c1C(=O)O.O=C(O)c1ccc2cc(C(=O)O)ccc2c1. The molecule has 0 atom stereocenters. The number of benzene rings is 4. The van der Waals surface area contributed by atoms with Crippen LogP contribution in [0.25, 0.3) is 21.5 Å². The van der Waals surface area contributed by atoms with Crippen molar-refractivity contribution < 1.29 is 39.6 Å². The average Bonchev–Trinajstić information content (AvgIpc) is 2.77. The number of carboxylic acid groups (broad SMARTS) is 4. The highest BCUT2D eigenvalue weighted by atomic mass is 16.4. The lowest BCUT2D eigenvalue weighted by Gasteiger charge is -2.10. The molecule has 8 heteroatoms. The van der Waals surface area contributed by atoms with Crippen molar-refractivity contribution in [1.82, 2.24) is 0 Å². The summed E-state index contributed by atoms with van der Waals surface area (Å²) in [5.41, 5.74) is 2.16. The zero-order valence-electron chi connectivity index (χ0n) is 18.2. The van der Waals surface area contributed by atoms with Crippen LogP contribution in [-0.2, 0) is 0 Å². The smallest absolute Gasteiger partial charge is 0.336 e. The van der Waals surface area contributed by atoms with E-state index in [1.807, 2.05) is 0 Å². The molecule has 4 aromatic carbocycles. The first kappa shape index (κ1) is 23.9. The molecule has 0 aliphatic carbocycles. The van der Waals surface area contributed by atoms with Gasteiger partial charge in [0.1, 0.15) is 0 Å². The van der Waals surface area contributed by atoms with E-state index in [1.165, 1.54) is 30.3 Å². The van der Waals surface area contributed by atoms with Crippen molar-refractivity contribution in [3.8, 4) is 0 Å². The standard InChI is InChI=1S/C14H12O4.C12H8O4/c1-7-5-10-6-9(13(15)16)3-4-11(10)8(2)12(7)14(17)18;13-11(14)9-3-1-7-5-10(12(15)16)4-2-8(7)6-9/h3-6H,1-2H3,(H,15,16)(H,17,18);1-6H,(H,13,14)(H,15,16). The number of fused-ring (bicyclic) bond motifs is 2. The molecule has 0 aromatic heterocycles. The van der Waals surface area contributed by atoms with Gasteiger partial charge in [-0.3, -0.25) is 0 Å². The van der Waals surface area contributed by atoms with E-state index in [-0.39, 0.29) is 22.3 Å². The molecule has 0 bridgehead atoms. The van der Waals surface area contributed by atoms with Crippen LogP contribution in [0.2, 0.25) is 0 Å². The Labute approximate surface area is 193 Å². The highest BCUT2D eigenvalue weighted by molar-refractivity contribution is 6.02. The number of aryl methyl sites for hydroxylation is 2. The third-order valence-corrected chi connectivity index (χ3v) is 5.39. The van der Waals surface area contributed by atoms with E-state index < -0.39 is 23.9 Å². The molecule has 0 amide bonds. The Kier molecular flexibility index (Phi) is 6.63. The Morgan fingerprint density at radius 1 is 0.529 bits per heavy atom. The second kappa shape index (κ2) is 9.41. The van der Waals surface area contributed by atoms with E-state index in [9.17, 15) is 19.2 Å². The first-order chi connectivity index (χ1) is 16.0. The molecule has 0 radical (unpaired) electrons. The lowest BCUT2D eigenvalue weighted by Crippen LogP contribution is -2.04. The van der Waals surface area contributed by atoms with Gasteiger partial charge in [0.25, 0.3) is 0 Å². The van der Waals surface area contributed by atoms with Gasteiger partial charge >= 0.3 is 23.9 Å².